The summed E-state index contributed by atoms with van der Waals surface area (Å²) in [5, 5.41) is 50.0. The van der Waals surface area contributed by atoms with Crippen LogP contribution in [0.1, 0.15) is 11.1 Å². The molecule has 18 heteroatoms. The fourth-order valence-corrected chi connectivity index (χ4v) is 3.97. The molecule has 1 fully saturated rings. The number of rotatable bonds is 10. The van der Waals surface area contributed by atoms with Crippen LogP contribution in [-0.2, 0) is 22.4 Å². The van der Waals surface area contributed by atoms with Crippen LogP contribution in [-0.4, -0.2) is 57.8 Å². The van der Waals surface area contributed by atoms with E-state index in [2.05, 4.69) is 10.6 Å². The molecule has 1 aliphatic heterocycles. The maximum absolute atomic E-state index is 12.8. The number of hydrogen-bond acceptors (Lipinski definition) is 12. The Balaban J connectivity index is 1.90. The second kappa shape index (κ2) is 10.7. The molecule has 2 aromatic rings. The van der Waals surface area contributed by atoms with E-state index >= 15 is 0 Å². The Morgan fingerprint density at radius 3 is 1.26 bits per heavy atom. The van der Waals surface area contributed by atoms with Gasteiger partial charge in [0, 0.05) is 36.1 Å². The van der Waals surface area contributed by atoms with E-state index in [0.29, 0.717) is 12.1 Å². The predicted molar refractivity (Wildman–Crippen MR) is 124 cm³/mol. The van der Waals surface area contributed by atoms with Gasteiger partial charge in [0.15, 0.2) is 0 Å². The molecule has 0 radical (unpaired) electrons. The number of piperazine rings is 1. The third kappa shape index (κ3) is 5.37. The third-order valence-electron chi connectivity index (χ3n) is 5.60. The van der Waals surface area contributed by atoms with Crippen molar-refractivity contribution in [3.05, 3.63) is 75.8 Å². The molecule has 0 aliphatic carbocycles. The van der Waals surface area contributed by atoms with Gasteiger partial charge in [-0.2, -0.15) is 0 Å². The lowest BCUT2D eigenvalue weighted by Gasteiger charge is -2.30. The number of nitro groups is 4. The number of carbonyl (C=O) groups excluding carboxylic acids is 2. The molecule has 2 atom stereocenters. The Labute approximate surface area is 211 Å². The number of carbonyl (C=O) groups is 2. The zero-order valence-corrected chi connectivity index (χ0v) is 19.6. The van der Waals surface area contributed by atoms with Crippen LogP contribution in [0.15, 0.2) is 24.3 Å². The summed E-state index contributed by atoms with van der Waals surface area (Å²) in [7, 11) is 2.19. The first kappa shape index (κ1) is 27.2. The summed E-state index contributed by atoms with van der Waals surface area (Å²) < 4.78 is 10.1. The molecule has 1 aliphatic rings. The highest BCUT2D eigenvalue weighted by atomic mass is 16.6. The number of nitrogens with one attached hydrogen (secondary N) is 2. The molecule has 200 valence electrons. The Morgan fingerprint density at radius 2 is 1.00 bits per heavy atom. The molecular formula is C20H18N6O12. The molecule has 18 nitrogen and oxygen atoms in total. The minimum atomic E-state index is -1.32. The van der Waals surface area contributed by atoms with Gasteiger partial charge in [-0.3, -0.25) is 50.0 Å². The van der Waals surface area contributed by atoms with Gasteiger partial charge < -0.3 is 20.1 Å². The van der Waals surface area contributed by atoms with Crippen LogP contribution < -0.4 is 20.1 Å². The van der Waals surface area contributed by atoms with Crippen molar-refractivity contribution in [3.63, 3.8) is 0 Å². The lowest BCUT2D eigenvalue weighted by atomic mass is 9.96. The summed E-state index contributed by atoms with van der Waals surface area (Å²) in [6, 6.07) is 0.702. The van der Waals surface area contributed by atoms with Crippen LogP contribution >= 0.6 is 0 Å². The van der Waals surface area contributed by atoms with Gasteiger partial charge in [0.2, 0.25) is 23.3 Å². The SMILES string of the molecule is COc1c(C[C@@H]2NC(=O)[C@H](Cc3cc([N+](=O)[O-])cc([N+](=O)[O-])c3OC)NC2=O)cc([N+](=O)[O-])cc1[N+](=O)[O-]. The van der Waals surface area contributed by atoms with E-state index in [1.165, 1.54) is 0 Å². The zero-order valence-electron chi connectivity index (χ0n) is 19.6. The highest BCUT2D eigenvalue weighted by Crippen LogP contribution is 2.37. The molecule has 0 bridgehead atoms. The Bertz CT molecular complexity index is 1270. The number of nitrogens with zero attached hydrogens (tertiary/aromatic N) is 4. The van der Waals surface area contributed by atoms with Gasteiger partial charge in [0.05, 0.1) is 46.0 Å². The van der Waals surface area contributed by atoms with Crippen LogP contribution in [0.4, 0.5) is 22.7 Å². The van der Waals surface area contributed by atoms with Crippen molar-refractivity contribution in [2.75, 3.05) is 14.2 Å². The first-order chi connectivity index (χ1) is 17.9. The van der Waals surface area contributed by atoms with Crippen molar-refractivity contribution >= 4 is 34.6 Å². The van der Waals surface area contributed by atoms with E-state index in [0.717, 1.165) is 26.4 Å². The highest BCUT2D eigenvalue weighted by molar-refractivity contribution is 5.97. The van der Waals surface area contributed by atoms with E-state index in [4.69, 9.17) is 9.47 Å². The number of non-ortho nitro benzene ring substituents is 2. The second-order valence-corrected chi connectivity index (χ2v) is 7.87. The molecule has 0 saturated carbocycles. The fourth-order valence-electron chi connectivity index (χ4n) is 3.97. The minimum Gasteiger partial charge on any atom is -0.490 e. The van der Waals surface area contributed by atoms with Crippen molar-refractivity contribution in [1.29, 1.82) is 0 Å². The third-order valence-corrected chi connectivity index (χ3v) is 5.60. The zero-order chi connectivity index (χ0) is 28.3. The summed E-state index contributed by atoms with van der Waals surface area (Å²) >= 11 is 0. The summed E-state index contributed by atoms with van der Waals surface area (Å²) in [6.45, 7) is 0. The van der Waals surface area contributed by atoms with Crippen LogP contribution in [0.2, 0.25) is 0 Å². The maximum Gasteiger partial charge on any atom is 0.318 e. The molecule has 2 amide bonds. The predicted octanol–water partition coefficient (Wildman–Crippen LogP) is 1.10. The monoisotopic (exact) mass is 534 g/mol. The van der Waals surface area contributed by atoms with Gasteiger partial charge in [0.25, 0.3) is 11.4 Å². The number of nitro benzene ring substituents is 4. The number of amides is 2. The molecule has 0 spiro atoms. The number of benzene rings is 2. The molecule has 2 aromatic carbocycles. The molecule has 38 heavy (non-hydrogen) atoms. The minimum absolute atomic E-state index is 0.0942. The molecule has 3 rings (SSSR count). The van der Waals surface area contributed by atoms with Crippen LogP contribution in [0.25, 0.3) is 0 Å². The summed E-state index contributed by atoms with van der Waals surface area (Å²) in [5.74, 6) is -2.24. The normalized spacial score (nSPS) is 16.7. The lowest BCUT2D eigenvalue weighted by Crippen LogP contribution is -2.62. The highest BCUT2D eigenvalue weighted by Gasteiger charge is 2.37. The van der Waals surface area contributed by atoms with Gasteiger partial charge in [0.1, 0.15) is 12.1 Å². The van der Waals surface area contributed by atoms with Crippen LogP contribution in [0.5, 0.6) is 11.5 Å². The van der Waals surface area contributed by atoms with E-state index in [-0.39, 0.29) is 22.6 Å². The van der Waals surface area contributed by atoms with Crippen molar-refractivity contribution in [2.24, 2.45) is 0 Å². The van der Waals surface area contributed by atoms with E-state index in [9.17, 15) is 50.0 Å². The molecule has 1 heterocycles. The van der Waals surface area contributed by atoms with Crippen LogP contribution in [0, 0.1) is 40.5 Å². The Kier molecular flexibility index (Phi) is 7.64. The van der Waals surface area contributed by atoms with Crippen molar-refractivity contribution < 1.29 is 38.8 Å². The second-order valence-electron chi connectivity index (χ2n) is 7.87. The van der Waals surface area contributed by atoms with Crippen LogP contribution in [0.3, 0.4) is 0 Å². The van der Waals surface area contributed by atoms with E-state index in [1.54, 1.807) is 0 Å². The molecule has 1 saturated heterocycles. The van der Waals surface area contributed by atoms with E-state index < -0.39 is 79.2 Å². The first-order valence-electron chi connectivity index (χ1n) is 10.5. The first-order valence-corrected chi connectivity index (χ1v) is 10.5. The summed E-state index contributed by atoms with van der Waals surface area (Å²) in [6.07, 6.45) is -0.830. The van der Waals surface area contributed by atoms with Gasteiger partial charge in [-0.15, -0.1) is 0 Å². The standard InChI is InChI=1S/C20H18N6O12/c1-37-17-9(3-11(23(29)30)7-15(17)25(33)34)5-13-19(27)22-14(20(28)21-13)6-10-4-12(24(31)32)8-16(26(35)36)18(10)38-2/h3-4,7-8,13-14H,5-6H2,1-2H3,(H,21,28)(H,22,27)/t13-,14-/m0/s1. The molecule has 0 unspecified atom stereocenters. The average molecular weight is 534 g/mol. The fraction of sp³-hybridized carbons (Fsp3) is 0.300. The van der Waals surface area contributed by atoms with Gasteiger partial charge in [-0.25, -0.2) is 0 Å². The van der Waals surface area contributed by atoms with E-state index in [1.807, 2.05) is 0 Å². The topological polar surface area (TPSA) is 249 Å². The Hall–Kier alpha value is -5.42. The molecule has 0 aromatic heterocycles. The van der Waals surface area contributed by atoms with Gasteiger partial charge in [-0.05, 0) is 0 Å². The smallest absolute Gasteiger partial charge is 0.318 e. The number of hydrogen-bond donors (Lipinski definition) is 2. The largest absolute Gasteiger partial charge is 0.490 e. The quantitative estimate of drug-likeness (QED) is 0.321. The average Bonchev–Trinajstić information content (AvgIpc) is 2.85. The summed E-state index contributed by atoms with van der Waals surface area (Å²) in [4.78, 5) is 67.3. The van der Waals surface area contributed by atoms with Crippen molar-refractivity contribution in [3.8, 4) is 11.5 Å². The number of ether oxygens (including phenoxy) is 2. The van der Waals surface area contributed by atoms with Crippen molar-refractivity contribution in [2.45, 2.75) is 24.9 Å². The summed E-state index contributed by atoms with van der Waals surface area (Å²) in [5.41, 5.74) is -2.88. The van der Waals surface area contributed by atoms with Crippen molar-refractivity contribution in [1.82, 2.24) is 10.6 Å². The lowest BCUT2D eigenvalue weighted by molar-refractivity contribution is -0.395. The molecule has 2 N–H and O–H groups in total. The van der Waals surface area contributed by atoms with Gasteiger partial charge in [-0.1, -0.05) is 0 Å². The molecular weight excluding hydrogens is 516 g/mol. The maximum atomic E-state index is 12.8. The van der Waals surface area contributed by atoms with Gasteiger partial charge >= 0.3 is 11.4 Å². The Morgan fingerprint density at radius 1 is 0.658 bits per heavy atom. The number of methoxy groups -OCH3 is 2.